The predicted octanol–water partition coefficient (Wildman–Crippen LogP) is 6.74. The van der Waals surface area contributed by atoms with Crippen LogP contribution in [0.15, 0.2) is 53.4 Å². The third-order valence-electron chi connectivity index (χ3n) is 4.26. The van der Waals surface area contributed by atoms with Gasteiger partial charge in [0.25, 0.3) is 0 Å². The Balaban J connectivity index is 1.90. The van der Waals surface area contributed by atoms with E-state index in [2.05, 4.69) is 5.10 Å². The third-order valence-corrected chi connectivity index (χ3v) is 5.49. The monoisotopic (exact) mass is 430 g/mol. The van der Waals surface area contributed by atoms with Crippen LogP contribution in [0.2, 0.25) is 0 Å². The lowest BCUT2D eigenvalue weighted by Crippen LogP contribution is -2.10. The molecule has 3 aromatic rings. The highest BCUT2D eigenvalue weighted by Crippen LogP contribution is 2.34. The van der Waals surface area contributed by atoms with Gasteiger partial charge in [-0.2, -0.15) is 31.4 Å². The Hall–Kier alpha value is -2.42. The highest BCUT2D eigenvalue weighted by Gasteiger charge is 2.30. The first-order valence-corrected chi connectivity index (χ1v) is 9.45. The number of halogens is 6. The van der Waals surface area contributed by atoms with Crippen molar-refractivity contribution < 1.29 is 26.3 Å². The number of benzene rings is 2. The molecule has 2 aromatic carbocycles. The van der Waals surface area contributed by atoms with Gasteiger partial charge in [-0.1, -0.05) is 24.3 Å². The van der Waals surface area contributed by atoms with Gasteiger partial charge in [0.05, 0.1) is 22.7 Å². The maximum Gasteiger partial charge on any atom is 0.416 e. The van der Waals surface area contributed by atoms with Gasteiger partial charge in [0.1, 0.15) is 0 Å². The fourth-order valence-corrected chi connectivity index (χ4v) is 3.61. The highest BCUT2D eigenvalue weighted by atomic mass is 32.2. The SMILES string of the molecule is Cc1ccc(-c2cc(-c3ccc(C(F)(F)F)cc3)nn2C)cc1SCC(F)(F)F. The topological polar surface area (TPSA) is 17.8 Å². The minimum absolute atomic E-state index is 0.473. The summed E-state index contributed by atoms with van der Waals surface area (Å²) in [5.74, 6) is -0.987. The molecule has 0 fully saturated rings. The summed E-state index contributed by atoms with van der Waals surface area (Å²) in [5, 5.41) is 4.34. The van der Waals surface area contributed by atoms with Gasteiger partial charge in [-0.15, -0.1) is 11.8 Å². The van der Waals surface area contributed by atoms with Crippen LogP contribution in [0, 0.1) is 6.92 Å². The van der Waals surface area contributed by atoms with Crippen molar-refractivity contribution in [1.82, 2.24) is 9.78 Å². The summed E-state index contributed by atoms with van der Waals surface area (Å²) < 4.78 is 77.4. The molecule has 0 saturated heterocycles. The van der Waals surface area contributed by atoms with E-state index in [-0.39, 0.29) is 0 Å². The van der Waals surface area contributed by atoms with Crippen LogP contribution < -0.4 is 0 Å². The number of hydrogen-bond acceptors (Lipinski definition) is 2. The smallest absolute Gasteiger partial charge is 0.267 e. The van der Waals surface area contributed by atoms with Gasteiger partial charge in [0, 0.05) is 23.1 Å². The number of alkyl halides is 6. The molecule has 2 nitrogen and oxygen atoms in total. The van der Waals surface area contributed by atoms with Crippen molar-refractivity contribution in [2.45, 2.75) is 24.2 Å². The van der Waals surface area contributed by atoms with E-state index < -0.39 is 23.7 Å². The second-order valence-electron chi connectivity index (χ2n) is 6.50. The maximum atomic E-state index is 12.7. The van der Waals surface area contributed by atoms with Crippen molar-refractivity contribution >= 4 is 11.8 Å². The number of hydrogen-bond donors (Lipinski definition) is 0. The van der Waals surface area contributed by atoms with Gasteiger partial charge in [-0.3, -0.25) is 4.68 Å². The number of aromatic nitrogens is 2. The molecule has 0 bridgehead atoms. The van der Waals surface area contributed by atoms with Crippen LogP contribution in [-0.2, 0) is 13.2 Å². The van der Waals surface area contributed by atoms with Crippen LogP contribution >= 0.6 is 11.8 Å². The molecule has 0 unspecified atom stereocenters. The van der Waals surface area contributed by atoms with Crippen LogP contribution in [0.3, 0.4) is 0 Å². The molecular formula is C20H16F6N2S. The summed E-state index contributed by atoms with van der Waals surface area (Å²) in [7, 11) is 1.67. The molecule has 3 rings (SSSR count). The lowest BCUT2D eigenvalue weighted by atomic mass is 10.1. The Labute approximate surface area is 167 Å². The average Bonchev–Trinajstić information content (AvgIpc) is 3.01. The fraction of sp³-hybridized carbons (Fsp3) is 0.250. The van der Waals surface area contributed by atoms with Crippen LogP contribution in [0.25, 0.3) is 22.5 Å². The number of thioether (sulfide) groups is 1. The van der Waals surface area contributed by atoms with Crippen molar-refractivity contribution in [2.24, 2.45) is 7.05 Å². The number of aryl methyl sites for hydroxylation is 2. The minimum Gasteiger partial charge on any atom is -0.267 e. The molecule has 0 N–H and O–H groups in total. The molecule has 154 valence electrons. The van der Waals surface area contributed by atoms with Crippen LogP contribution in [-0.4, -0.2) is 21.7 Å². The first kappa shape index (κ1) is 21.3. The number of nitrogens with zero attached hydrogens (tertiary/aromatic N) is 2. The fourth-order valence-electron chi connectivity index (χ4n) is 2.78. The molecule has 0 saturated carbocycles. The molecule has 0 aliphatic heterocycles. The van der Waals surface area contributed by atoms with Crippen molar-refractivity contribution in [3.63, 3.8) is 0 Å². The van der Waals surface area contributed by atoms with E-state index in [1.54, 1.807) is 42.9 Å². The predicted molar refractivity (Wildman–Crippen MR) is 101 cm³/mol. The second-order valence-corrected chi connectivity index (χ2v) is 7.51. The lowest BCUT2D eigenvalue weighted by molar-refractivity contribution is -0.137. The Kier molecular flexibility index (Phi) is 5.71. The zero-order chi connectivity index (χ0) is 21.4. The molecule has 1 heterocycles. The number of rotatable bonds is 4. The largest absolute Gasteiger partial charge is 0.416 e. The molecular weight excluding hydrogens is 414 g/mol. The molecule has 0 aliphatic carbocycles. The van der Waals surface area contributed by atoms with Crippen LogP contribution in [0.1, 0.15) is 11.1 Å². The molecule has 0 atom stereocenters. The quantitative estimate of drug-likeness (QED) is 0.337. The summed E-state index contributed by atoms with van der Waals surface area (Å²) in [6, 6.07) is 11.5. The molecule has 0 amide bonds. The zero-order valence-electron chi connectivity index (χ0n) is 15.4. The van der Waals surface area contributed by atoms with Gasteiger partial charge in [-0.25, -0.2) is 0 Å². The summed E-state index contributed by atoms with van der Waals surface area (Å²) >= 11 is 0.715. The molecule has 1 aromatic heterocycles. The van der Waals surface area contributed by atoms with Crippen LogP contribution in [0.4, 0.5) is 26.3 Å². The normalized spacial score (nSPS) is 12.4. The first-order valence-electron chi connectivity index (χ1n) is 8.46. The van der Waals surface area contributed by atoms with E-state index in [1.165, 1.54) is 12.1 Å². The third kappa shape index (κ3) is 5.14. The van der Waals surface area contributed by atoms with Crippen LogP contribution in [0.5, 0.6) is 0 Å². The molecule has 29 heavy (non-hydrogen) atoms. The molecule has 0 radical (unpaired) electrons. The van der Waals surface area contributed by atoms with E-state index in [1.807, 2.05) is 0 Å². The van der Waals surface area contributed by atoms with E-state index in [4.69, 9.17) is 0 Å². The molecule has 0 aliphatic rings. The minimum atomic E-state index is -4.42. The van der Waals surface area contributed by atoms with E-state index in [0.717, 1.165) is 17.7 Å². The molecule has 9 heteroatoms. The van der Waals surface area contributed by atoms with Gasteiger partial charge in [-0.05, 0) is 36.8 Å². The summed E-state index contributed by atoms with van der Waals surface area (Å²) in [6.07, 6.45) is -8.68. The van der Waals surface area contributed by atoms with Crippen molar-refractivity contribution in [1.29, 1.82) is 0 Å². The van der Waals surface area contributed by atoms with Gasteiger partial charge < -0.3 is 0 Å². The van der Waals surface area contributed by atoms with Crippen molar-refractivity contribution in [2.75, 3.05) is 5.75 Å². The van der Waals surface area contributed by atoms with E-state index >= 15 is 0 Å². The Morgan fingerprint density at radius 2 is 1.52 bits per heavy atom. The summed E-state index contributed by atoms with van der Waals surface area (Å²) in [4.78, 5) is 0.511. The highest BCUT2D eigenvalue weighted by molar-refractivity contribution is 7.99. The Morgan fingerprint density at radius 3 is 2.10 bits per heavy atom. The second kappa shape index (κ2) is 7.78. The van der Waals surface area contributed by atoms with Crippen molar-refractivity contribution in [3.05, 3.63) is 59.7 Å². The maximum absolute atomic E-state index is 12.7. The van der Waals surface area contributed by atoms with E-state index in [0.29, 0.717) is 39.2 Å². The Morgan fingerprint density at radius 1 is 0.897 bits per heavy atom. The van der Waals surface area contributed by atoms with Crippen molar-refractivity contribution in [3.8, 4) is 22.5 Å². The Bertz CT molecular complexity index is 1000. The first-order chi connectivity index (χ1) is 13.4. The summed E-state index contributed by atoms with van der Waals surface area (Å²) in [5.41, 5.74) is 2.29. The van der Waals surface area contributed by atoms with E-state index in [9.17, 15) is 26.3 Å². The van der Waals surface area contributed by atoms with Gasteiger partial charge in [0.2, 0.25) is 0 Å². The standard InChI is InChI=1S/C20H16F6N2S/c1-12-3-4-14(9-18(12)29-11-19(21,22)23)17-10-16(27-28(17)2)13-5-7-15(8-6-13)20(24,25)26/h3-10H,11H2,1-2H3. The lowest BCUT2D eigenvalue weighted by Gasteiger charge is -2.10. The van der Waals surface area contributed by atoms with Gasteiger partial charge >= 0.3 is 12.4 Å². The average molecular weight is 430 g/mol. The summed E-state index contributed by atoms with van der Waals surface area (Å²) in [6.45, 7) is 1.74. The van der Waals surface area contributed by atoms with Gasteiger partial charge in [0.15, 0.2) is 0 Å². The zero-order valence-corrected chi connectivity index (χ0v) is 16.2. The molecule has 0 spiro atoms.